The number of carbonyl (C=O) groups is 1. The van der Waals surface area contributed by atoms with Gasteiger partial charge >= 0.3 is 0 Å². The fraction of sp³-hybridized carbons (Fsp3) is 0.133. The van der Waals surface area contributed by atoms with Gasteiger partial charge in [0.2, 0.25) is 0 Å². The highest BCUT2D eigenvalue weighted by Crippen LogP contribution is 2.29. The number of thioether (sulfide) groups is 1. The third kappa shape index (κ3) is 3.78. The number of halogens is 2. The van der Waals surface area contributed by atoms with Gasteiger partial charge in [0, 0.05) is 10.5 Å². The highest BCUT2D eigenvalue weighted by atomic mass is 79.9. The van der Waals surface area contributed by atoms with Crippen molar-refractivity contribution < 1.29 is 9.53 Å². The van der Waals surface area contributed by atoms with Crippen molar-refractivity contribution in [1.29, 1.82) is 0 Å². The molecule has 0 radical (unpaired) electrons. The summed E-state index contributed by atoms with van der Waals surface area (Å²) >= 11 is 10.9. The molecule has 0 unspecified atom stereocenters. The molecule has 0 aliphatic heterocycles. The number of carbonyl (C=O) groups excluding carboxylic acids is 1. The van der Waals surface area contributed by atoms with E-state index >= 15 is 0 Å². The summed E-state index contributed by atoms with van der Waals surface area (Å²) in [5, 5.41) is 0.668. The Balaban J connectivity index is 2.05. The molecule has 0 fully saturated rings. The molecule has 0 aliphatic carbocycles. The highest BCUT2D eigenvalue weighted by molar-refractivity contribution is 9.10. The van der Waals surface area contributed by atoms with Gasteiger partial charge in [0.1, 0.15) is 5.75 Å². The monoisotopic (exact) mass is 370 g/mol. The lowest BCUT2D eigenvalue weighted by Gasteiger charge is -2.06. The summed E-state index contributed by atoms with van der Waals surface area (Å²) in [6.07, 6.45) is 0. The number of methoxy groups -OCH3 is 1. The average Bonchev–Trinajstić information content (AvgIpc) is 2.46. The molecule has 0 aliphatic rings. The Morgan fingerprint density at radius 2 is 2.05 bits per heavy atom. The van der Waals surface area contributed by atoms with Crippen LogP contribution in [0.5, 0.6) is 5.75 Å². The largest absolute Gasteiger partial charge is 0.496 e. The van der Waals surface area contributed by atoms with E-state index in [-0.39, 0.29) is 5.78 Å². The molecule has 0 saturated carbocycles. The predicted octanol–water partition coefficient (Wildman–Crippen LogP) is 5.09. The molecule has 0 spiro atoms. The van der Waals surface area contributed by atoms with Crippen molar-refractivity contribution >= 4 is 45.1 Å². The molecule has 0 bridgehead atoms. The molecule has 0 amide bonds. The third-order valence-electron chi connectivity index (χ3n) is 2.67. The molecular formula is C15H12BrClO2S. The smallest absolute Gasteiger partial charge is 0.173 e. The number of benzene rings is 2. The van der Waals surface area contributed by atoms with Crippen molar-refractivity contribution in [3.63, 3.8) is 0 Å². The highest BCUT2D eigenvalue weighted by Gasteiger charge is 2.10. The number of ketones is 1. The predicted molar refractivity (Wildman–Crippen MR) is 87.2 cm³/mol. The maximum absolute atomic E-state index is 12.2. The number of hydrogen-bond donors (Lipinski definition) is 0. The summed E-state index contributed by atoms with van der Waals surface area (Å²) in [5.74, 6) is 1.11. The summed E-state index contributed by atoms with van der Waals surface area (Å²) in [4.78, 5) is 13.1. The molecule has 0 N–H and O–H groups in total. The van der Waals surface area contributed by atoms with Gasteiger partial charge in [-0.3, -0.25) is 4.79 Å². The Hall–Kier alpha value is -0.970. The topological polar surface area (TPSA) is 26.3 Å². The Labute approximate surface area is 135 Å². The van der Waals surface area contributed by atoms with Crippen molar-refractivity contribution in [2.45, 2.75) is 4.90 Å². The maximum Gasteiger partial charge on any atom is 0.173 e. The van der Waals surface area contributed by atoms with Crippen LogP contribution in [0.1, 0.15) is 10.4 Å². The molecule has 2 rings (SSSR count). The second-order valence-corrected chi connectivity index (χ2v) is 6.27. The summed E-state index contributed by atoms with van der Waals surface area (Å²) in [6, 6.07) is 12.8. The van der Waals surface area contributed by atoms with E-state index in [2.05, 4.69) is 15.9 Å². The molecule has 0 atom stereocenters. The van der Waals surface area contributed by atoms with Crippen LogP contribution in [0.4, 0.5) is 0 Å². The van der Waals surface area contributed by atoms with E-state index in [1.807, 2.05) is 24.3 Å². The van der Waals surface area contributed by atoms with Gasteiger partial charge < -0.3 is 4.74 Å². The summed E-state index contributed by atoms with van der Waals surface area (Å²) in [6.45, 7) is 0. The first kappa shape index (κ1) is 15.4. The average molecular weight is 372 g/mol. The van der Waals surface area contributed by atoms with Gasteiger partial charge in [0.25, 0.3) is 0 Å². The minimum Gasteiger partial charge on any atom is -0.496 e. The molecule has 2 aromatic carbocycles. The molecule has 5 heteroatoms. The van der Waals surface area contributed by atoms with Gasteiger partial charge in [0.05, 0.1) is 22.4 Å². The Kier molecular flexibility index (Phi) is 5.52. The van der Waals surface area contributed by atoms with E-state index in [9.17, 15) is 4.79 Å². The van der Waals surface area contributed by atoms with E-state index in [4.69, 9.17) is 16.3 Å². The van der Waals surface area contributed by atoms with Gasteiger partial charge in [-0.15, -0.1) is 11.8 Å². The summed E-state index contributed by atoms with van der Waals surface area (Å²) < 4.78 is 5.92. The van der Waals surface area contributed by atoms with Gasteiger partial charge in [-0.05, 0) is 46.3 Å². The lowest BCUT2D eigenvalue weighted by atomic mass is 10.1. The molecule has 2 nitrogen and oxygen atoms in total. The van der Waals surface area contributed by atoms with Crippen molar-refractivity contribution in [3.8, 4) is 5.75 Å². The Morgan fingerprint density at radius 3 is 2.70 bits per heavy atom. The first-order valence-corrected chi connectivity index (χ1v) is 8.01. The van der Waals surface area contributed by atoms with E-state index in [1.54, 1.807) is 25.3 Å². The molecule has 0 aromatic heterocycles. The van der Waals surface area contributed by atoms with Crippen molar-refractivity contribution in [2.75, 3.05) is 12.9 Å². The van der Waals surface area contributed by atoms with Gasteiger partial charge in [0.15, 0.2) is 5.78 Å². The minimum absolute atomic E-state index is 0.0540. The standard InChI is InChI=1S/C15H12BrClO2S/c1-19-14-7-6-10(8-11(14)16)13(18)9-20-15-5-3-2-4-12(15)17/h2-8H,9H2,1H3. The van der Waals surface area contributed by atoms with Crippen molar-refractivity contribution in [3.05, 3.63) is 57.5 Å². The van der Waals surface area contributed by atoms with E-state index < -0.39 is 0 Å². The molecule has 104 valence electrons. The van der Waals surface area contributed by atoms with Crippen molar-refractivity contribution in [1.82, 2.24) is 0 Å². The fourth-order valence-corrected chi connectivity index (χ4v) is 3.30. The van der Waals surface area contributed by atoms with Gasteiger partial charge in [-0.25, -0.2) is 0 Å². The van der Waals surface area contributed by atoms with Crippen LogP contribution in [0, 0.1) is 0 Å². The van der Waals surface area contributed by atoms with Gasteiger partial charge in [-0.2, -0.15) is 0 Å². The second-order valence-electron chi connectivity index (χ2n) is 3.99. The Bertz CT molecular complexity index is 631. The maximum atomic E-state index is 12.2. The molecule has 0 saturated heterocycles. The zero-order valence-electron chi connectivity index (χ0n) is 10.7. The van der Waals surface area contributed by atoms with Crippen LogP contribution >= 0.6 is 39.3 Å². The number of Topliss-reactive ketones (excluding diaryl/α,β-unsaturated/α-hetero) is 1. The molecular weight excluding hydrogens is 360 g/mol. The first-order valence-electron chi connectivity index (χ1n) is 5.86. The summed E-state index contributed by atoms with van der Waals surface area (Å²) in [5.41, 5.74) is 0.650. The zero-order chi connectivity index (χ0) is 14.5. The van der Waals surface area contributed by atoms with Crippen LogP contribution in [-0.4, -0.2) is 18.6 Å². The van der Waals surface area contributed by atoms with E-state index in [1.165, 1.54) is 11.8 Å². The quantitative estimate of drug-likeness (QED) is 0.541. The SMILES string of the molecule is COc1ccc(C(=O)CSc2ccccc2Cl)cc1Br. The third-order valence-corrected chi connectivity index (χ3v) is 4.80. The fourth-order valence-electron chi connectivity index (χ4n) is 1.63. The Morgan fingerprint density at radius 1 is 1.30 bits per heavy atom. The zero-order valence-corrected chi connectivity index (χ0v) is 13.9. The van der Waals surface area contributed by atoms with Crippen molar-refractivity contribution in [2.24, 2.45) is 0 Å². The van der Waals surface area contributed by atoms with E-state index in [0.29, 0.717) is 22.1 Å². The molecule has 20 heavy (non-hydrogen) atoms. The van der Waals surface area contributed by atoms with Crippen LogP contribution < -0.4 is 4.74 Å². The lowest BCUT2D eigenvalue weighted by Crippen LogP contribution is -2.02. The van der Waals surface area contributed by atoms with E-state index in [0.717, 1.165) is 9.37 Å². The first-order chi connectivity index (χ1) is 9.61. The number of hydrogen-bond acceptors (Lipinski definition) is 3. The summed E-state index contributed by atoms with van der Waals surface area (Å²) in [7, 11) is 1.59. The van der Waals surface area contributed by atoms with Crippen LogP contribution in [0.2, 0.25) is 5.02 Å². The normalized spacial score (nSPS) is 10.3. The molecule has 0 heterocycles. The van der Waals surface area contributed by atoms with Gasteiger partial charge in [-0.1, -0.05) is 23.7 Å². The minimum atomic E-state index is 0.0540. The molecule has 2 aromatic rings. The van der Waals surface area contributed by atoms with Crippen LogP contribution in [0.3, 0.4) is 0 Å². The van der Waals surface area contributed by atoms with Crippen LogP contribution in [0.25, 0.3) is 0 Å². The number of ether oxygens (including phenoxy) is 1. The van der Waals surface area contributed by atoms with Crippen LogP contribution in [-0.2, 0) is 0 Å². The second kappa shape index (κ2) is 7.16. The number of rotatable bonds is 5. The van der Waals surface area contributed by atoms with Crippen LogP contribution in [0.15, 0.2) is 51.8 Å². The lowest BCUT2D eigenvalue weighted by molar-refractivity contribution is 0.102.